The van der Waals surface area contributed by atoms with Crippen molar-refractivity contribution >= 4 is 33.2 Å². The van der Waals surface area contributed by atoms with E-state index in [0.717, 1.165) is 10.4 Å². The zero-order valence-corrected chi connectivity index (χ0v) is 26.4. The van der Waals surface area contributed by atoms with Crippen LogP contribution >= 0.6 is 0 Å². The molecule has 0 aromatic heterocycles. The van der Waals surface area contributed by atoms with Crippen LogP contribution in [0, 0.1) is 22.9 Å². The summed E-state index contributed by atoms with van der Waals surface area (Å²) in [6.45, 7) is 7.74. The summed E-state index contributed by atoms with van der Waals surface area (Å²) >= 11 is 0. The number of carbonyl (C=O) groups excluding carboxylic acids is 2. The lowest BCUT2D eigenvalue weighted by molar-refractivity contribution is -0.385. The molecule has 2 amide bonds. The molecule has 1 atom stereocenters. The Balaban J connectivity index is 2.13. The van der Waals surface area contributed by atoms with Crippen molar-refractivity contribution in [2.75, 3.05) is 18.0 Å². The number of anilines is 1. The Hall–Kier alpha value is -4.52. The Bertz CT molecular complexity index is 1610. The molecule has 0 unspecified atom stereocenters. The second kappa shape index (κ2) is 13.8. The number of aryl methyl sites for hydroxylation is 1. The summed E-state index contributed by atoms with van der Waals surface area (Å²) in [6, 6.07) is 13.9. The number of amides is 2. The van der Waals surface area contributed by atoms with E-state index in [1.54, 1.807) is 27.7 Å². The molecule has 3 aromatic carbocycles. The number of hydrogen-bond donors (Lipinski definition) is 1. The van der Waals surface area contributed by atoms with Gasteiger partial charge in [0.2, 0.25) is 11.8 Å². The number of hydrogen-bond acceptors (Lipinski definition) is 7. The number of nitrogens with zero attached hydrogens (tertiary/aromatic N) is 3. The number of ether oxygens (including phenoxy) is 1. The second-order valence-electron chi connectivity index (χ2n) is 11.2. The number of carbonyl (C=O) groups is 2. The number of nitro groups is 1. The lowest BCUT2D eigenvalue weighted by atomic mass is 10.1. The molecule has 3 rings (SSSR count). The number of benzene rings is 3. The quantitative estimate of drug-likeness (QED) is 0.221. The largest absolute Gasteiger partial charge is 0.497 e. The number of sulfonamides is 1. The lowest BCUT2D eigenvalue weighted by Gasteiger charge is -2.34. The predicted octanol–water partition coefficient (Wildman–Crippen LogP) is 4.97. The minimum absolute atomic E-state index is 0.0938. The van der Waals surface area contributed by atoms with E-state index >= 15 is 0 Å². The Morgan fingerprint density at radius 2 is 1.66 bits per heavy atom. The zero-order valence-electron chi connectivity index (χ0n) is 25.5. The van der Waals surface area contributed by atoms with E-state index in [1.165, 1.54) is 79.6 Å². The molecule has 11 nitrogen and oxygen atoms in total. The molecule has 0 radical (unpaired) electrons. The fourth-order valence-electron chi connectivity index (χ4n) is 4.51. The molecule has 0 heterocycles. The third-order valence-corrected chi connectivity index (χ3v) is 8.52. The van der Waals surface area contributed by atoms with Crippen LogP contribution in [0.25, 0.3) is 0 Å². The summed E-state index contributed by atoms with van der Waals surface area (Å²) in [5, 5.41) is 14.5. The van der Waals surface area contributed by atoms with E-state index in [4.69, 9.17) is 4.74 Å². The normalized spacial score (nSPS) is 12.2. The summed E-state index contributed by atoms with van der Waals surface area (Å²) in [7, 11) is -3.10. The van der Waals surface area contributed by atoms with E-state index in [0.29, 0.717) is 11.3 Å². The summed E-state index contributed by atoms with van der Waals surface area (Å²) in [5.74, 6) is -1.20. The average molecular weight is 629 g/mol. The minimum atomic E-state index is -4.54. The van der Waals surface area contributed by atoms with Crippen molar-refractivity contribution in [2.24, 2.45) is 0 Å². The molecule has 0 saturated heterocycles. The molecule has 0 saturated carbocycles. The van der Waals surface area contributed by atoms with Gasteiger partial charge in [-0.15, -0.1) is 0 Å². The van der Waals surface area contributed by atoms with Crippen molar-refractivity contribution < 1.29 is 32.1 Å². The van der Waals surface area contributed by atoms with Gasteiger partial charge < -0.3 is 15.0 Å². The fourth-order valence-corrected chi connectivity index (χ4v) is 5.94. The van der Waals surface area contributed by atoms with Crippen molar-refractivity contribution in [1.82, 2.24) is 10.2 Å². The first-order chi connectivity index (χ1) is 20.6. The topological polar surface area (TPSA) is 139 Å². The number of methoxy groups -OCH3 is 1. The minimum Gasteiger partial charge on any atom is -0.497 e. The highest BCUT2D eigenvalue weighted by Gasteiger charge is 2.35. The maximum absolute atomic E-state index is 14.1. The third-order valence-electron chi connectivity index (χ3n) is 6.75. The molecule has 1 N–H and O–H groups in total. The van der Waals surface area contributed by atoms with Gasteiger partial charge in [-0.1, -0.05) is 25.1 Å². The van der Waals surface area contributed by atoms with Crippen LogP contribution in [-0.2, 0) is 26.2 Å². The highest BCUT2D eigenvalue weighted by Crippen LogP contribution is 2.29. The third kappa shape index (κ3) is 8.31. The second-order valence-corrected chi connectivity index (χ2v) is 13.1. The van der Waals surface area contributed by atoms with Crippen molar-refractivity contribution in [3.8, 4) is 5.75 Å². The summed E-state index contributed by atoms with van der Waals surface area (Å²) in [5.41, 5.74) is -0.128. The molecule has 0 bridgehead atoms. The number of rotatable bonds is 12. The van der Waals surface area contributed by atoms with E-state index in [2.05, 4.69) is 5.32 Å². The van der Waals surface area contributed by atoms with Gasteiger partial charge in [-0.2, -0.15) is 0 Å². The Kier molecular flexibility index (Phi) is 10.7. The Labute approximate surface area is 256 Å². The van der Waals surface area contributed by atoms with Gasteiger partial charge in [-0.05, 0) is 82.1 Å². The van der Waals surface area contributed by atoms with Crippen molar-refractivity contribution in [1.29, 1.82) is 0 Å². The highest BCUT2D eigenvalue weighted by atomic mass is 32.2. The van der Waals surface area contributed by atoms with E-state index < -0.39 is 56.4 Å². The molecule has 0 aliphatic carbocycles. The SMILES string of the molecule is CC[C@H](C(=O)NC(C)(C)C)N(Cc1ccc(F)cc1)C(=O)CN(c1ccc(OC)cc1)S(=O)(=O)c1ccc(C)c([N+](=O)[O-])c1. The molecule has 0 fully saturated rings. The standard InChI is InChI=1S/C31H37FN4O7S/c1-7-27(30(38)33-31(3,4)5)34(19-22-9-11-23(32)12-10-22)29(37)20-35(24-13-15-25(43-6)16-14-24)44(41,42)26-17-8-21(2)28(18-26)36(39)40/h8-18,27H,7,19-20H2,1-6H3,(H,33,38)/t27-/m1/s1. The van der Waals surface area contributed by atoms with Gasteiger partial charge in [0.1, 0.15) is 24.2 Å². The summed E-state index contributed by atoms with van der Waals surface area (Å²) in [4.78, 5) is 39.3. The van der Waals surface area contributed by atoms with E-state index in [9.17, 15) is 32.5 Å². The van der Waals surface area contributed by atoms with Crippen LogP contribution in [0.4, 0.5) is 15.8 Å². The first-order valence-electron chi connectivity index (χ1n) is 13.8. The lowest BCUT2D eigenvalue weighted by Crippen LogP contribution is -2.55. The van der Waals surface area contributed by atoms with Crippen LogP contribution < -0.4 is 14.4 Å². The maximum atomic E-state index is 14.1. The molecule has 0 aliphatic rings. The van der Waals surface area contributed by atoms with E-state index in [-0.39, 0.29) is 29.1 Å². The van der Waals surface area contributed by atoms with Crippen molar-refractivity contribution in [3.05, 3.63) is 93.8 Å². The van der Waals surface area contributed by atoms with Gasteiger partial charge in [0, 0.05) is 23.7 Å². The molecule has 236 valence electrons. The van der Waals surface area contributed by atoms with Crippen LogP contribution in [0.2, 0.25) is 0 Å². The number of nitro benzene ring substituents is 1. The molecule has 3 aromatic rings. The summed E-state index contributed by atoms with van der Waals surface area (Å²) < 4.78 is 47.8. The van der Waals surface area contributed by atoms with Gasteiger partial charge in [0.15, 0.2) is 0 Å². The van der Waals surface area contributed by atoms with Gasteiger partial charge in [-0.3, -0.25) is 24.0 Å². The van der Waals surface area contributed by atoms with Crippen LogP contribution in [0.5, 0.6) is 5.75 Å². The van der Waals surface area contributed by atoms with Gasteiger partial charge in [0.25, 0.3) is 15.7 Å². The first kappa shape index (κ1) is 34.0. The van der Waals surface area contributed by atoms with Gasteiger partial charge in [0.05, 0.1) is 22.6 Å². The van der Waals surface area contributed by atoms with Gasteiger partial charge in [-0.25, -0.2) is 12.8 Å². The number of nitrogens with one attached hydrogen (secondary N) is 1. The smallest absolute Gasteiger partial charge is 0.273 e. The molecule has 13 heteroatoms. The van der Waals surface area contributed by atoms with Crippen molar-refractivity contribution in [2.45, 2.75) is 64.1 Å². The fraction of sp³-hybridized carbons (Fsp3) is 0.355. The molecule has 0 aliphatic heterocycles. The van der Waals surface area contributed by atoms with E-state index in [1.807, 2.05) is 0 Å². The van der Waals surface area contributed by atoms with Crippen LogP contribution in [0.1, 0.15) is 45.2 Å². The number of halogens is 1. The van der Waals surface area contributed by atoms with Crippen LogP contribution in [0.3, 0.4) is 0 Å². The van der Waals surface area contributed by atoms with Crippen molar-refractivity contribution in [3.63, 3.8) is 0 Å². The Morgan fingerprint density at radius 3 is 2.18 bits per heavy atom. The first-order valence-corrected chi connectivity index (χ1v) is 15.3. The summed E-state index contributed by atoms with van der Waals surface area (Å²) in [6.07, 6.45) is 0.203. The highest BCUT2D eigenvalue weighted by molar-refractivity contribution is 7.92. The maximum Gasteiger partial charge on any atom is 0.273 e. The molecule has 44 heavy (non-hydrogen) atoms. The van der Waals surface area contributed by atoms with Gasteiger partial charge >= 0.3 is 0 Å². The zero-order chi connectivity index (χ0) is 32.8. The molecular formula is C31H37FN4O7S. The molecular weight excluding hydrogens is 591 g/mol. The van der Waals surface area contributed by atoms with Crippen LogP contribution in [-0.4, -0.2) is 55.3 Å². The molecule has 0 spiro atoms. The van der Waals surface area contributed by atoms with Crippen LogP contribution in [0.15, 0.2) is 71.6 Å². The Morgan fingerprint density at radius 1 is 1.05 bits per heavy atom. The predicted molar refractivity (Wildman–Crippen MR) is 164 cm³/mol. The average Bonchev–Trinajstić information content (AvgIpc) is 2.95. The monoisotopic (exact) mass is 628 g/mol.